The Morgan fingerprint density at radius 1 is 1.43 bits per heavy atom. The summed E-state index contributed by atoms with van der Waals surface area (Å²) in [7, 11) is 0. The van der Waals surface area contributed by atoms with Crippen molar-refractivity contribution >= 4 is 5.69 Å². The highest BCUT2D eigenvalue weighted by Gasteiger charge is 2.08. The summed E-state index contributed by atoms with van der Waals surface area (Å²) in [4.78, 5) is 9.96. The summed E-state index contributed by atoms with van der Waals surface area (Å²) in [6, 6.07) is 6.36. The van der Waals surface area contributed by atoms with Gasteiger partial charge in [0.2, 0.25) is 0 Å². The highest BCUT2D eigenvalue weighted by atomic mass is 16.6. The molecule has 0 spiro atoms. The number of hydrogen-bond acceptors (Lipinski definition) is 3. The smallest absolute Gasteiger partial charge is 0.269 e. The summed E-state index contributed by atoms with van der Waals surface area (Å²) in [5.41, 5.74) is 1.02. The molecule has 1 unspecified atom stereocenters. The van der Waals surface area contributed by atoms with E-state index >= 15 is 0 Å². The minimum Gasteiger partial charge on any atom is -0.368 e. The van der Waals surface area contributed by atoms with Crippen molar-refractivity contribution in [1.82, 2.24) is 0 Å². The summed E-state index contributed by atoms with van der Waals surface area (Å²) in [6.07, 6.45) is -0.0687. The molecule has 0 N–H and O–H groups in total. The number of rotatable bonds is 4. The Labute approximate surface area is 82.7 Å². The Kier molecular flexibility index (Phi) is 3.59. The lowest BCUT2D eigenvalue weighted by atomic mass is 10.1. The molecule has 1 aromatic carbocycles. The number of non-ortho nitro benzene ring substituents is 1. The summed E-state index contributed by atoms with van der Waals surface area (Å²) in [6.45, 7) is 5.29. The van der Waals surface area contributed by atoms with Crippen molar-refractivity contribution in [3.8, 4) is 0 Å². The molecule has 4 nitrogen and oxygen atoms in total. The highest BCUT2D eigenvalue weighted by Crippen LogP contribution is 2.20. The van der Waals surface area contributed by atoms with Crippen molar-refractivity contribution in [3.63, 3.8) is 0 Å². The summed E-state index contributed by atoms with van der Waals surface area (Å²) in [5.74, 6) is 0. The van der Waals surface area contributed by atoms with Gasteiger partial charge in [-0.2, -0.15) is 0 Å². The summed E-state index contributed by atoms with van der Waals surface area (Å²) < 4.78 is 5.23. The molecular formula is C10H12NO3. The number of benzene rings is 1. The van der Waals surface area contributed by atoms with E-state index < -0.39 is 4.92 Å². The fourth-order valence-electron chi connectivity index (χ4n) is 1.15. The lowest BCUT2D eigenvalue weighted by Crippen LogP contribution is -1.97. The van der Waals surface area contributed by atoms with Gasteiger partial charge in [0.1, 0.15) is 0 Å². The van der Waals surface area contributed by atoms with Crippen LogP contribution in [-0.2, 0) is 4.74 Å². The average molecular weight is 194 g/mol. The van der Waals surface area contributed by atoms with E-state index in [0.29, 0.717) is 0 Å². The second-order valence-corrected chi connectivity index (χ2v) is 2.86. The SMILES string of the molecule is C[CH]OC(C)c1ccc([N+](=O)[O-])cc1. The number of nitro benzene ring substituents is 1. The predicted molar refractivity (Wildman–Crippen MR) is 52.6 cm³/mol. The van der Waals surface area contributed by atoms with E-state index in [9.17, 15) is 10.1 Å². The second kappa shape index (κ2) is 4.72. The van der Waals surface area contributed by atoms with Gasteiger partial charge in [-0.05, 0) is 31.5 Å². The van der Waals surface area contributed by atoms with E-state index in [1.54, 1.807) is 25.7 Å². The van der Waals surface area contributed by atoms with Gasteiger partial charge < -0.3 is 4.74 Å². The van der Waals surface area contributed by atoms with Crippen LogP contribution in [0.3, 0.4) is 0 Å². The molecule has 0 fully saturated rings. The Bertz CT molecular complexity index is 308. The van der Waals surface area contributed by atoms with Crippen molar-refractivity contribution < 1.29 is 9.66 Å². The largest absolute Gasteiger partial charge is 0.368 e. The molecule has 14 heavy (non-hydrogen) atoms. The zero-order valence-electron chi connectivity index (χ0n) is 8.14. The molecule has 0 aliphatic heterocycles. The van der Waals surface area contributed by atoms with E-state index in [2.05, 4.69) is 0 Å². The fraction of sp³-hybridized carbons (Fsp3) is 0.300. The highest BCUT2D eigenvalue weighted by molar-refractivity contribution is 5.33. The van der Waals surface area contributed by atoms with E-state index in [0.717, 1.165) is 5.56 Å². The zero-order chi connectivity index (χ0) is 10.6. The van der Waals surface area contributed by atoms with Gasteiger partial charge in [-0.25, -0.2) is 0 Å². The van der Waals surface area contributed by atoms with Crippen LogP contribution >= 0.6 is 0 Å². The maximum Gasteiger partial charge on any atom is 0.269 e. The third-order valence-corrected chi connectivity index (χ3v) is 1.91. The fourth-order valence-corrected chi connectivity index (χ4v) is 1.15. The van der Waals surface area contributed by atoms with Gasteiger partial charge in [0.25, 0.3) is 5.69 Å². The molecule has 4 heteroatoms. The van der Waals surface area contributed by atoms with E-state index in [-0.39, 0.29) is 11.8 Å². The van der Waals surface area contributed by atoms with Gasteiger partial charge >= 0.3 is 0 Å². The van der Waals surface area contributed by atoms with Crippen LogP contribution in [0, 0.1) is 16.7 Å². The van der Waals surface area contributed by atoms with Crippen LogP contribution in [0.5, 0.6) is 0 Å². The molecule has 0 aliphatic rings. The minimum absolute atomic E-state index is 0.0687. The first-order chi connectivity index (χ1) is 6.65. The lowest BCUT2D eigenvalue weighted by molar-refractivity contribution is -0.384. The van der Waals surface area contributed by atoms with Gasteiger partial charge in [-0.15, -0.1) is 0 Å². The number of nitrogens with zero attached hydrogens (tertiary/aromatic N) is 1. The lowest BCUT2D eigenvalue weighted by Gasteiger charge is -2.10. The maximum absolute atomic E-state index is 10.4. The first-order valence-electron chi connectivity index (χ1n) is 4.32. The third kappa shape index (κ3) is 2.53. The Hall–Kier alpha value is -1.42. The van der Waals surface area contributed by atoms with Crippen LogP contribution in [0.1, 0.15) is 25.5 Å². The van der Waals surface area contributed by atoms with Crippen molar-refractivity contribution in [1.29, 1.82) is 0 Å². The van der Waals surface area contributed by atoms with Crippen LogP contribution in [-0.4, -0.2) is 4.92 Å². The molecular weight excluding hydrogens is 182 g/mol. The Balaban J connectivity index is 2.77. The first-order valence-corrected chi connectivity index (χ1v) is 4.32. The first kappa shape index (κ1) is 10.7. The molecule has 0 aromatic heterocycles. The van der Waals surface area contributed by atoms with Gasteiger partial charge in [0, 0.05) is 12.1 Å². The van der Waals surface area contributed by atoms with E-state index in [1.807, 2.05) is 6.92 Å². The molecule has 1 rings (SSSR count). The molecule has 0 aliphatic carbocycles. The predicted octanol–water partition coefficient (Wildman–Crippen LogP) is 2.85. The van der Waals surface area contributed by atoms with Crippen molar-refractivity contribution in [3.05, 3.63) is 46.6 Å². The monoisotopic (exact) mass is 194 g/mol. The standard InChI is InChI=1S/C10H12NO3/c1-3-14-8(2)9-4-6-10(7-5-9)11(12)13/h3-8H,1-2H3. The Morgan fingerprint density at radius 3 is 2.43 bits per heavy atom. The molecule has 0 saturated carbocycles. The van der Waals surface area contributed by atoms with Crippen LogP contribution in [0.15, 0.2) is 24.3 Å². The van der Waals surface area contributed by atoms with Crippen molar-refractivity contribution in [2.75, 3.05) is 0 Å². The van der Waals surface area contributed by atoms with Gasteiger partial charge in [-0.3, -0.25) is 10.1 Å². The topological polar surface area (TPSA) is 52.4 Å². The van der Waals surface area contributed by atoms with E-state index in [1.165, 1.54) is 12.1 Å². The molecule has 75 valence electrons. The average Bonchev–Trinajstić information content (AvgIpc) is 2.18. The normalized spacial score (nSPS) is 12.4. The second-order valence-electron chi connectivity index (χ2n) is 2.86. The molecule has 1 aromatic rings. The molecule has 0 saturated heterocycles. The summed E-state index contributed by atoms with van der Waals surface area (Å²) in [5, 5.41) is 10.4. The summed E-state index contributed by atoms with van der Waals surface area (Å²) >= 11 is 0. The number of nitro groups is 1. The van der Waals surface area contributed by atoms with Crippen LogP contribution in [0.2, 0.25) is 0 Å². The third-order valence-electron chi connectivity index (χ3n) is 1.91. The maximum atomic E-state index is 10.4. The number of ether oxygens (including phenoxy) is 1. The van der Waals surface area contributed by atoms with Gasteiger partial charge in [0.15, 0.2) is 0 Å². The van der Waals surface area contributed by atoms with Crippen LogP contribution < -0.4 is 0 Å². The zero-order valence-corrected chi connectivity index (χ0v) is 8.14. The molecule has 1 radical (unpaired) electrons. The van der Waals surface area contributed by atoms with Gasteiger partial charge in [0.05, 0.1) is 17.6 Å². The van der Waals surface area contributed by atoms with Crippen LogP contribution in [0.4, 0.5) is 5.69 Å². The van der Waals surface area contributed by atoms with Crippen LogP contribution in [0.25, 0.3) is 0 Å². The minimum atomic E-state index is -0.415. The van der Waals surface area contributed by atoms with Crippen molar-refractivity contribution in [2.45, 2.75) is 20.0 Å². The Morgan fingerprint density at radius 2 is 2.00 bits per heavy atom. The molecule has 1 atom stereocenters. The number of hydrogen-bond donors (Lipinski definition) is 0. The van der Waals surface area contributed by atoms with E-state index in [4.69, 9.17) is 4.74 Å². The van der Waals surface area contributed by atoms with Gasteiger partial charge in [-0.1, -0.05) is 0 Å². The molecule has 0 heterocycles. The molecule has 0 bridgehead atoms. The molecule has 0 amide bonds. The van der Waals surface area contributed by atoms with Crippen molar-refractivity contribution in [2.24, 2.45) is 0 Å². The quantitative estimate of drug-likeness (QED) is 0.547.